The third-order valence-electron chi connectivity index (χ3n) is 5.40. The molecule has 0 spiro atoms. The number of carbonyl (C=O) groups is 1. The molecule has 35 heavy (non-hydrogen) atoms. The first-order valence-corrected chi connectivity index (χ1v) is 11.4. The van der Waals surface area contributed by atoms with E-state index < -0.39 is 0 Å². The van der Waals surface area contributed by atoms with Gasteiger partial charge in [-0.05, 0) is 29.7 Å². The molecule has 1 amide bonds. The van der Waals surface area contributed by atoms with E-state index in [1.807, 2.05) is 61.5 Å². The number of pyridine rings is 1. The smallest absolute Gasteiger partial charge is 0.225 e. The Morgan fingerprint density at radius 3 is 2.57 bits per heavy atom. The van der Waals surface area contributed by atoms with Crippen LogP contribution in [0.1, 0.15) is 37.3 Å². The number of amides is 1. The minimum absolute atomic E-state index is 0.0864. The minimum Gasteiger partial charge on any atom is -0.362 e. The van der Waals surface area contributed by atoms with Crippen LogP contribution in [0.5, 0.6) is 0 Å². The van der Waals surface area contributed by atoms with Crippen molar-refractivity contribution >= 4 is 29.0 Å². The molecule has 0 aliphatic carbocycles. The van der Waals surface area contributed by atoms with Gasteiger partial charge in [-0.1, -0.05) is 65.3 Å². The van der Waals surface area contributed by atoms with E-state index in [2.05, 4.69) is 25.8 Å². The highest BCUT2D eigenvalue weighted by atomic mass is 35.5. The molecule has 0 radical (unpaired) electrons. The van der Waals surface area contributed by atoms with Gasteiger partial charge >= 0.3 is 0 Å². The van der Waals surface area contributed by atoms with Gasteiger partial charge in [0.2, 0.25) is 17.6 Å². The molecule has 4 aromatic rings. The van der Waals surface area contributed by atoms with Crippen LogP contribution in [0.4, 0.5) is 11.5 Å². The summed E-state index contributed by atoms with van der Waals surface area (Å²) in [5.41, 5.74) is 4.32. The summed E-state index contributed by atoms with van der Waals surface area (Å²) in [6.07, 6.45) is 1.79. The Kier molecular flexibility index (Phi) is 7.38. The number of carbonyl (C=O) groups excluding carboxylic acids is 1. The number of anilines is 2. The van der Waals surface area contributed by atoms with Crippen LogP contribution in [0.3, 0.4) is 0 Å². The fourth-order valence-electron chi connectivity index (χ4n) is 3.62. The summed E-state index contributed by atoms with van der Waals surface area (Å²) in [6.45, 7) is 3.76. The Hall–Kier alpha value is -4.22. The molecule has 9 heteroatoms. The van der Waals surface area contributed by atoms with Gasteiger partial charge in [0.25, 0.3) is 0 Å². The normalized spacial score (nSPS) is 11.5. The molecular weight excluding hydrogens is 464 g/mol. The average molecular weight is 487 g/mol. The van der Waals surface area contributed by atoms with Gasteiger partial charge in [0.1, 0.15) is 5.69 Å². The second-order valence-corrected chi connectivity index (χ2v) is 8.30. The van der Waals surface area contributed by atoms with E-state index in [9.17, 15) is 4.79 Å². The number of hydrogen-bond acceptors (Lipinski definition) is 7. The Bertz CT molecular complexity index is 1380. The number of hydrogen-bond donors (Lipinski definition) is 2. The molecule has 0 aliphatic heterocycles. The predicted octanol–water partition coefficient (Wildman–Crippen LogP) is 6.18. The maximum absolute atomic E-state index is 12.1. The van der Waals surface area contributed by atoms with Crippen LogP contribution in [0.15, 0.2) is 65.3 Å². The van der Waals surface area contributed by atoms with Crippen molar-refractivity contribution in [2.75, 3.05) is 10.6 Å². The highest BCUT2D eigenvalue weighted by molar-refractivity contribution is 6.34. The Labute approximate surface area is 208 Å². The standard InChI is InChI=1S/C26H23ClN6O2/c1-16(30-26-24(22(27)13-15-29-26)32-23(34)8-5-14-28)18-9-11-19(12-10-18)20-6-3-4-7-21(20)25-31-17(2)35-33-25/h3-4,6-7,9-13,15-16H,5,8H2,1-2H3,(H,29,30)(H,32,34). The zero-order chi connectivity index (χ0) is 24.8. The molecule has 0 fully saturated rings. The minimum atomic E-state index is -0.294. The van der Waals surface area contributed by atoms with Gasteiger partial charge in [-0.25, -0.2) is 4.98 Å². The van der Waals surface area contributed by atoms with Crippen molar-refractivity contribution in [2.45, 2.75) is 32.7 Å². The van der Waals surface area contributed by atoms with Gasteiger partial charge in [0.05, 0.1) is 17.1 Å². The predicted molar refractivity (Wildman–Crippen MR) is 135 cm³/mol. The van der Waals surface area contributed by atoms with E-state index >= 15 is 0 Å². The molecule has 0 saturated heterocycles. The number of halogens is 1. The lowest BCUT2D eigenvalue weighted by Gasteiger charge is -2.19. The van der Waals surface area contributed by atoms with E-state index in [-0.39, 0.29) is 24.8 Å². The quantitative estimate of drug-likeness (QED) is 0.305. The number of benzene rings is 2. The van der Waals surface area contributed by atoms with Crippen molar-refractivity contribution in [3.63, 3.8) is 0 Å². The van der Waals surface area contributed by atoms with Crippen molar-refractivity contribution < 1.29 is 9.32 Å². The molecule has 1 atom stereocenters. The summed E-state index contributed by atoms with van der Waals surface area (Å²) in [4.78, 5) is 20.9. The fourth-order valence-corrected chi connectivity index (χ4v) is 3.81. The highest BCUT2D eigenvalue weighted by Crippen LogP contribution is 2.33. The van der Waals surface area contributed by atoms with Gasteiger partial charge < -0.3 is 15.2 Å². The molecule has 1 unspecified atom stereocenters. The zero-order valence-corrected chi connectivity index (χ0v) is 20.0. The van der Waals surface area contributed by atoms with Crippen LogP contribution in [0.25, 0.3) is 22.5 Å². The summed E-state index contributed by atoms with van der Waals surface area (Å²) in [6, 6.07) is 19.5. The lowest BCUT2D eigenvalue weighted by atomic mass is 9.97. The van der Waals surface area contributed by atoms with Crippen LogP contribution >= 0.6 is 11.6 Å². The molecule has 8 nitrogen and oxygen atoms in total. The molecule has 2 N–H and O–H groups in total. The number of rotatable bonds is 8. The summed E-state index contributed by atoms with van der Waals surface area (Å²) in [5.74, 6) is 1.23. The molecular formula is C26H23ClN6O2. The van der Waals surface area contributed by atoms with Gasteiger partial charge in [-0.3, -0.25) is 4.79 Å². The second kappa shape index (κ2) is 10.8. The zero-order valence-electron chi connectivity index (χ0n) is 19.2. The summed E-state index contributed by atoms with van der Waals surface area (Å²) >= 11 is 6.32. The summed E-state index contributed by atoms with van der Waals surface area (Å²) in [5, 5.41) is 19.2. The van der Waals surface area contributed by atoms with Crippen molar-refractivity contribution in [3.05, 3.63) is 77.3 Å². The first kappa shape index (κ1) is 23.9. The monoisotopic (exact) mass is 486 g/mol. The number of nitriles is 1. The average Bonchev–Trinajstić information content (AvgIpc) is 3.31. The molecule has 0 saturated carbocycles. The number of aromatic nitrogens is 3. The number of nitrogens with one attached hydrogen (secondary N) is 2. The summed E-state index contributed by atoms with van der Waals surface area (Å²) < 4.78 is 5.15. The van der Waals surface area contributed by atoms with Crippen molar-refractivity contribution in [2.24, 2.45) is 0 Å². The molecule has 0 bridgehead atoms. The molecule has 2 heterocycles. The number of aryl methyl sites for hydroxylation is 1. The lowest BCUT2D eigenvalue weighted by Crippen LogP contribution is -2.15. The first-order chi connectivity index (χ1) is 17.0. The Morgan fingerprint density at radius 1 is 1.14 bits per heavy atom. The van der Waals surface area contributed by atoms with Gasteiger partial charge in [-0.2, -0.15) is 10.2 Å². The molecule has 2 aromatic carbocycles. The number of nitrogens with zero attached hydrogens (tertiary/aromatic N) is 4. The van der Waals surface area contributed by atoms with Gasteiger partial charge in [0.15, 0.2) is 5.82 Å². The molecule has 4 rings (SSSR count). The van der Waals surface area contributed by atoms with Crippen LogP contribution < -0.4 is 10.6 Å². The van der Waals surface area contributed by atoms with E-state index in [1.165, 1.54) is 0 Å². The van der Waals surface area contributed by atoms with E-state index in [0.717, 1.165) is 22.3 Å². The van der Waals surface area contributed by atoms with E-state index in [1.54, 1.807) is 19.2 Å². The first-order valence-electron chi connectivity index (χ1n) is 11.0. The van der Waals surface area contributed by atoms with E-state index in [0.29, 0.717) is 28.2 Å². The van der Waals surface area contributed by atoms with Crippen LogP contribution in [-0.4, -0.2) is 21.0 Å². The Balaban J connectivity index is 1.54. The largest absolute Gasteiger partial charge is 0.362 e. The molecule has 176 valence electrons. The summed E-state index contributed by atoms with van der Waals surface area (Å²) in [7, 11) is 0. The molecule has 2 aromatic heterocycles. The maximum atomic E-state index is 12.1. The van der Waals surface area contributed by atoms with Gasteiger partial charge in [-0.15, -0.1) is 0 Å². The Morgan fingerprint density at radius 2 is 1.89 bits per heavy atom. The second-order valence-electron chi connectivity index (χ2n) is 7.89. The van der Waals surface area contributed by atoms with Crippen LogP contribution in [0.2, 0.25) is 5.02 Å². The topological polar surface area (TPSA) is 117 Å². The maximum Gasteiger partial charge on any atom is 0.225 e. The van der Waals surface area contributed by atoms with Gasteiger partial charge in [0, 0.05) is 31.5 Å². The fraction of sp³-hybridized carbons (Fsp3) is 0.192. The SMILES string of the molecule is Cc1nc(-c2ccccc2-c2ccc(C(C)Nc3nccc(Cl)c3NC(=O)CCC#N)cc2)no1. The van der Waals surface area contributed by atoms with E-state index in [4.69, 9.17) is 21.4 Å². The third kappa shape index (κ3) is 5.65. The van der Waals surface area contributed by atoms with Crippen LogP contribution in [0, 0.1) is 18.3 Å². The lowest BCUT2D eigenvalue weighted by molar-refractivity contribution is -0.116. The third-order valence-corrected chi connectivity index (χ3v) is 5.71. The highest BCUT2D eigenvalue weighted by Gasteiger charge is 2.16. The molecule has 0 aliphatic rings. The van der Waals surface area contributed by atoms with Crippen LogP contribution in [-0.2, 0) is 4.79 Å². The van der Waals surface area contributed by atoms with Crippen molar-refractivity contribution in [1.29, 1.82) is 5.26 Å². The van der Waals surface area contributed by atoms with Crippen molar-refractivity contribution in [1.82, 2.24) is 15.1 Å². The van der Waals surface area contributed by atoms with Crippen molar-refractivity contribution in [3.8, 4) is 28.6 Å².